The van der Waals surface area contributed by atoms with Crippen LogP contribution < -0.4 is 5.73 Å². The Labute approximate surface area is 161 Å². The summed E-state index contributed by atoms with van der Waals surface area (Å²) in [6.45, 7) is 5.57. The Morgan fingerprint density at radius 3 is 2.12 bits per heavy atom. The molecule has 1 fully saturated rings. The van der Waals surface area contributed by atoms with Crippen molar-refractivity contribution in [3.05, 3.63) is 0 Å². The summed E-state index contributed by atoms with van der Waals surface area (Å²) >= 11 is 6.12. The fourth-order valence-electron chi connectivity index (χ4n) is 2.28. The molecule has 0 amide bonds. The second-order valence-electron chi connectivity index (χ2n) is 5.37. The van der Waals surface area contributed by atoms with Gasteiger partial charge in [0.1, 0.15) is 18.1 Å². The van der Waals surface area contributed by atoms with Crippen LogP contribution in [0, 0.1) is 0 Å². The number of rotatable bonds is 6. The lowest BCUT2D eigenvalue weighted by Crippen LogP contribution is -2.63. The van der Waals surface area contributed by atoms with E-state index in [1.165, 1.54) is 20.8 Å². The molecule has 0 radical (unpaired) electrons. The molecule has 1 heterocycles. The van der Waals surface area contributed by atoms with Crippen LogP contribution in [-0.2, 0) is 38.1 Å². The molecule has 1 aliphatic heterocycles. The van der Waals surface area contributed by atoms with E-state index in [-0.39, 0.29) is 11.0 Å². The number of ether oxygens (including phenoxy) is 5. The van der Waals surface area contributed by atoms with E-state index in [1.54, 1.807) is 6.92 Å². The van der Waals surface area contributed by atoms with Gasteiger partial charge in [-0.1, -0.05) is 0 Å². The van der Waals surface area contributed by atoms with Crippen molar-refractivity contribution in [3.8, 4) is 0 Å². The number of carbonyl (C=O) groups excluding carboxylic acids is 3. The van der Waals surface area contributed by atoms with Gasteiger partial charge in [0.25, 0.3) is 0 Å². The van der Waals surface area contributed by atoms with Crippen LogP contribution in [-0.4, -0.2) is 65.3 Å². The van der Waals surface area contributed by atoms with Gasteiger partial charge in [0.05, 0.1) is 12.6 Å². The van der Waals surface area contributed by atoms with Crippen molar-refractivity contribution in [3.63, 3.8) is 0 Å². The number of carbonyl (C=O) groups is 3. The third-order valence-corrected chi connectivity index (χ3v) is 4.60. The molecule has 0 aliphatic carbocycles. The topological polar surface area (TPSA) is 123 Å². The van der Waals surface area contributed by atoms with Gasteiger partial charge in [0.2, 0.25) is 4.38 Å². The molecule has 0 bridgehead atoms. The molecule has 0 saturated carbocycles. The highest BCUT2D eigenvalue weighted by atomic mass is 32.2. The van der Waals surface area contributed by atoms with E-state index in [0.717, 1.165) is 11.8 Å². The van der Waals surface area contributed by atoms with Crippen LogP contribution in [0.1, 0.15) is 27.7 Å². The fraction of sp³-hybridized carbons (Fsp3) is 0.733. The van der Waals surface area contributed by atoms with E-state index in [0.29, 0.717) is 6.61 Å². The lowest BCUT2D eigenvalue weighted by atomic mass is 9.98. The number of thiocarbonyl (C=S) groups is 1. The minimum atomic E-state index is -1.04. The second kappa shape index (κ2) is 10.7. The Kier molecular flexibility index (Phi) is 9.27. The van der Waals surface area contributed by atoms with Crippen molar-refractivity contribution in [2.75, 3.05) is 13.2 Å². The maximum Gasteiger partial charge on any atom is 0.303 e. The molecule has 9 nitrogen and oxygen atoms in total. The summed E-state index contributed by atoms with van der Waals surface area (Å²) in [5.41, 5.74) is 5.40. The van der Waals surface area contributed by atoms with Crippen molar-refractivity contribution < 1.29 is 38.1 Å². The van der Waals surface area contributed by atoms with Crippen molar-refractivity contribution in [2.45, 2.75) is 57.5 Å². The van der Waals surface area contributed by atoms with Gasteiger partial charge < -0.3 is 29.4 Å². The van der Waals surface area contributed by atoms with Gasteiger partial charge in [-0.25, -0.2) is 0 Å². The van der Waals surface area contributed by atoms with Crippen LogP contribution in [0.2, 0.25) is 0 Å². The van der Waals surface area contributed by atoms with E-state index in [4.69, 9.17) is 41.6 Å². The van der Waals surface area contributed by atoms with E-state index < -0.39 is 47.7 Å². The maximum absolute atomic E-state index is 11.5. The predicted octanol–water partition coefficient (Wildman–Crippen LogP) is 0.520. The highest BCUT2D eigenvalue weighted by Gasteiger charge is 2.49. The van der Waals surface area contributed by atoms with Gasteiger partial charge in [-0.05, 0) is 30.9 Å². The van der Waals surface area contributed by atoms with Crippen LogP contribution in [0.4, 0.5) is 0 Å². The first kappa shape index (κ1) is 22.6. The molecule has 26 heavy (non-hydrogen) atoms. The molecule has 148 valence electrons. The first-order valence-electron chi connectivity index (χ1n) is 7.88. The first-order valence-corrected chi connectivity index (χ1v) is 9.16. The van der Waals surface area contributed by atoms with Crippen LogP contribution >= 0.6 is 24.0 Å². The highest BCUT2D eigenvalue weighted by molar-refractivity contribution is 8.22. The molecular weight excluding hydrogens is 386 g/mol. The van der Waals surface area contributed by atoms with E-state index in [1.807, 2.05) is 0 Å². The summed E-state index contributed by atoms with van der Waals surface area (Å²) in [5, 5.41) is 0. The van der Waals surface area contributed by atoms with E-state index in [2.05, 4.69) is 0 Å². The summed E-state index contributed by atoms with van der Waals surface area (Å²) in [6, 6.07) is -0.861. The molecule has 0 aromatic heterocycles. The smallest absolute Gasteiger partial charge is 0.303 e. The Bertz CT molecular complexity index is 544. The summed E-state index contributed by atoms with van der Waals surface area (Å²) < 4.78 is 26.7. The average Bonchev–Trinajstić information content (AvgIpc) is 2.51. The minimum absolute atomic E-state index is 0.201. The molecule has 0 aromatic rings. The summed E-state index contributed by atoms with van der Waals surface area (Å²) in [5.74, 6) is -1.76. The number of hydrogen-bond donors (Lipinski definition) is 1. The fourth-order valence-corrected chi connectivity index (χ4v) is 3.57. The Balaban J connectivity index is 3.07. The quantitative estimate of drug-likeness (QED) is 0.375. The minimum Gasteiger partial charge on any atom is -0.479 e. The molecule has 1 rings (SSSR count). The molecule has 0 aromatic carbocycles. The standard InChI is InChI=1S/C15H23NO8S2/c1-5-20-15(25)26-14-11(16)13(23-9(4)19)12(22-8(3)18)10(24-14)6-21-7(2)17/h10-14H,5-6,16H2,1-4H3/t10-,11-,12-,13-,14?/m1/s1. The predicted molar refractivity (Wildman–Crippen MR) is 96.2 cm³/mol. The molecule has 2 N–H and O–H groups in total. The molecular formula is C15H23NO8S2. The largest absolute Gasteiger partial charge is 0.479 e. The van der Waals surface area contributed by atoms with Crippen molar-refractivity contribution in [1.82, 2.24) is 0 Å². The Hall–Kier alpha value is -1.43. The number of thioether (sulfide) groups is 1. The zero-order chi connectivity index (χ0) is 19.9. The third-order valence-electron chi connectivity index (χ3n) is 3.22. The normalized spacial score (nSPS) is 28.0. The second-order valence-corrected chi connectivity index (χ2v) is 7.07. The zero-order valence-electron chi connectivity index (χ0n) is 15.0. The molecule has 1 aliphatic rings. The third kappa shape index (κ3) is 7.06. The molecule has 1 unspecified atom stereocenters. The Morgan fingerprint density at radius 1 is 1.04 bits per heavy atom. The average molecular weight is 409 g/mol. The van der Waals surface area contributed by atoms with Gasteiger partial charge >= 0.3 is 17.9 Å². The Morgan fingerprint density at radius 2 is 1.62 bits per heavy atom. The monoisotopic (exact) mass is 409 g/mol. The van der Waals surface area contributed by atoms with Crippen LogP contribution in [0.15, 0.2) is 0 Å². The summed E-state index contributed by atoms with van der Waals surface area (Å²) in [4.78, 5) is 34.1. The maximum atomic E-state index is 11.5. The summed E-state index contributed by atoms with van der Waals surface area (Å²) in [6.07, 6.45) is -2.94. The lowest BCUT2D eigenvalue weighted by molar-refractivity contribution is -0.208. The number of hydrogen-bond acceptors (Lipinski definition) is 11. The number of esters is 3. The van der Waals surface area contributed by atoms with Crippen molar-refractivity contribution in [2.24, 2.45) is 5.73 Å². The van der Waals surface area contributed by atoms with Crippen molar-refractivity contribution in [1.29, 1.82) is 0 Å². The van der Waals surface area contributed by atoms with Gasteiger partial charge in [-0.3, -0.25) is 14.4 Å². The van der Waals surface area contributed by atoms with Gasteiger partial charge in [-0.2, -0.15) is 0 Å². The lowest BCUT2D eigenvalue weighted by Gasteiger charge is -2.43. The molecule has 5 atom stereocenters. The first-order chi connectivity index (χ1) is 12.1. The molecule has 0 spiro atoms. The molecule has 1 saturated heterocycles. The summed E-state index contributed by atoms with van der Waals surface area (Å²) in [7, 11) is 0. The van der Waals surface area contributed by atoms with Gasteiger partial charge in [0.15, 0.2) is 12.2 Å². The van der Waals surface area contributed by atoms with E-state index in [9.17, 15) is 14.4 Å². The molecule has 11 heteroatoms. The zero-order valence-corrected chi connectivity index (χ0v) is 16.6. The van der Waals surface area contributed by atoms with Crippen LogP contribution in [0.3, 0.4) is 0 Å². The van der Waals surface area contributed by atoms with Gasteiger partial charge in [-0.15, -0.1) is 0 Å². The number of nitrogens with two attached hydrogens (primary N) is 1. The van der Waals surface area contributed by atoms with E-state index >= 15 is 0 Å². The van der Waals surface area contributed by atoms with Crippen LogP contribution in [0.25, 0.3) is 0 Å². The highest BCUT2D eigenvalue weighted by Crippen LogP contribution is 2.32. The van der Waals surface area contributed by atoms with Crippen LogP contribution in [0.5, 0.6) is 0 Å². The SMILES string of the molecule is CCOC(=S)SC1O[C@H](COC(C)=O)[C@@H](OC(C)=O)[C@H](OC(C)=O)[C@H]1N. The van der Waals surface area contributed by atoms with Gasteiger partial charge in [0, 0.05) is 20.8 Å². The van der Waals surface area contributed by atoms with Crippen molar-refractivity contribution >= 4 is 46.3 Å².